The van der Waals surface area contributed by atoms with Gasteiger partial charge >= 0.3 is 6.09 Å². The van der Waals surface area contributed by atoms with E-state index in [2.05, 4.69) is 12.1 Å². The van der Waals surface area contributed by atoms with Gasteiger partial charge in [0.05, 0.1) is 6.10 Å². The van der Waals surface area contributed by atoms with Crippen LogP contribution in [0.5, 0.6) is 0 Å². The van der Waals surface area contributed by atoms with Crippen molar-refractivity contribution < 1.29 is 19.2 Å². The molecule has 1 saturated heterocycles. The summed E-state index contributed by atoms with van der Waals surface area (Å²) in [5, 5.41) is 1.11. The van der Waals surface area contributed by atoms with E-state index in [1.54, 1.807) is 34.9 Å². The molecule has 6 heteroatoms. The molecule has 0 aliphatic carbocycles. The van der Waals surface area contributed by atoms with Crippen molar-refractivity contribution in [3.63, 3.8) is 0 Å². The minimum absolute atomic E-state index is 0.159. The monoisotopic (exact) mass is 348 g/mol. The summed E-state index contributed by atoms with van der Waals surface area (Å²) in [6, 6.07) is 9.44. The summed E-state index contributed by atoms with van der Waals surface area (Å²) < 4.78 is 5.38. The third kappa shape index (κ3) is 5.46. The number of likely N-dealkylation sites (N-methyl/N-ethyl adjacent to an activating group) is 1. The summed E-state index contributed by atoms with van der Waals surface area (Å²) in [4.78, 5) is 32.1. The fourth-order valence-electron chi connectivity index (χ4n) is 2.74. The lowest BCUT2D eigenvalue weighted by Crippen LogP contribution is -2.46. The number of nitrogens with zero attached hydrogens (tertiary/aromatic N) is 2. The number of rotatable bonds is 4. The lowest BCUT2D eigenvalue weighted by Gasteiger charge is -2.27. The first-order valence-electron chi connectivity index (χ1n) is 8.61. The highest BCUT2D eigenvalue weighted by Gasteiger charge is 2.43. The molecule has 1 fully saturated rings. The van der Waals surface area contributed by atoms with Gasteiger partial charge in [-0.2, -0.15) is 5.06 Å². The number of hydrogen-bond donors (Lipinski definition) is 0. The molecule has 1 heterocycles. The van der Waals surface area contributed by atoms with Crippen LogP contribution in [0.4, 0.5) is 4.79 Å². The summed E-state index contributed by atoms with van der Waals surface area (Å²) in [7, 11) is 3.35. The van der Waals surface area contributed by atoms with Crippen molar-refractivity contribution in [2.24, 2.45) is 0 Å². The first kappa shape index (κ1) is 19.2. The van der Waals surface area contributed by atoms with Crippen molar-refractivity contribution in [2.45, 2.75) is 57.8 Å². The lowest BCUT2D eigenvalue weighted by atomic mass is 10.0. The van der Waals surface area contributed by atoms with E-state index < -0.39 is 17.7 Å². The minimum Gasteiger partial charge on any atom is -0.442 e. The second-order valence-electron chi connectivity index (χ2n) is 7.54. The van der Waals surface area contributed by atoms with Crippen molar-refractivity contribution in [1.82, 2.24) is 9.96 Å². The second-order valence-corrected chi connectivity index (χ2v) is 7.54. The third-order valence-electron chi connectivity index (χ3n) is 3.93. The Morgan fingerprint density at radius 3 is 2.44 bits per heavy atom. The van der Waals surface area contributed by atoms with Gasteiger partial charge < -0.3 is 9.64 Å². The molecule has 0 unspecified atom stereocenters. The first-order chi connectivity index (χ1) is 11.7. The van der Waals surface area contributed by atoms with Crippen LogP contribution in [0.2, 0.25) is 0 Å². The highest BCUT2D eigenvalue weighted by molar-refractivity contribution is 5.85. The van der Waals surface area contributed by atoms with Crippen LogP contribution in [-0.2, 0) is 20.8 Å². The zero-order valence-corrected chi connectivity index (χ0v) is 15.7. The predicted molar refractivity (Wildman–Crippen MR) is 94.8 cm³/mol. The Bertz CT molecular complexity index is 595. The number of hydroxylamine groups is 2. The van der Waals surface area contributed by atoms with E-state index in [0.29, 0.717) is 6.42 Å². The van der Waals surface area contributed by atoms with Gasteiger partial charge in [-0.1, -0.05) is 30.3 Å². The molecule has 6 nitrogen and oxygen atoms in total. The van der Waals surface area contributed by atoms with Crippen LogP contribution in [0, 0.1) is 0 Å². The third-order valence-corrected chi connectivity index (χ3v) is 3.93. The molecular formula is C19H28N2O4. The van der Waals surface area contributed by atoms with Crippen LogP contribution in [-0.4, -0.2) is 53.8 Å². The normalized spacial score (nSPS) is 20.4. The van der Waals surface area contributed by atoms with E-state index in [1.165, 1.54) is 10.5 Å². The number of carbonyl (C=O) groups is 2. The van der Waals surface area contributed by atoms with Gasteiger partial charge in [-0.3, -0.25) is 9.63 Å². The Kier molecular flexibility index (Phi) is 6.06. The van der Waals surface area contributed by atoms with E-state index in [1.807, 2.05) is 18.2 Å². The lowest BCUT2D eigenvalue weighted by molar-refractivity contribution is -0.165. The van der Waals surface area contributed by atoms with E-state index in [0.717, 1.165) is 17.9 Å². The molecule has 0 bridgehead atoms. The fourth-order valence-corrected chi connectivity index (χ4v) is 2.74. The maximum atomic E-state index is 12.4. The van der Waals surface area contributed by atoms with Gasteiger partial charge in [-0.15, -0.1) is 0 Å². The van der Waals surface area contributed by atoms with Crippen molar-refractivity contribution in [3.05, 3.63) is 35.9 Å². The molecule has 0 spiro atoms. The minimum atomic E-state index is -0.648. The van der Waals surface area contributed by atoms with E-state index in [9.17, 15) is 9.59 Å². The Morgan fingerprint density at radius 2 is 1.88 bits per heavy atom. The molecule has 0 aromatic heterocycles. The van der Waals surface area contributed by atoms with Crippen molar-refractivity contribution in [2.75, 3.05) is 14.1 Å². The molecule has 1 aromatic rings. The Hall–Kier alpha value is -2.08. The molecule has 1 aliphatic heterocycles. The highest BCUT2D eigenvalue weighted by Crippen LogP contribution is 2.27. The summed E-state index contributed by atoms with van der Waals surface area (Å²) in [5.41, 5.74) is 0.561. The van der Waals surface area contributed by atoms with Crippen LogP contribution in [0.25, 0.3) is 0 Å². The van der Waals surface area contributed by atoms with Crippen LogP contribution in [0.1, 0.15) is 39.2 Å². The largest absolute Gasteiger partial charge is 0.442 e. The van der Waals surface area contributed by atoms with Gasteiger partial charge in [-0.25, -0.2) is 4.79 Å². The maximum Gasteiger partial charge on any atom is 0.435 e. The van der Waals surface area contributed by atoms with Crippen molar-refractivity contribution in [3.8, 4) is 0 Å². The molecule has 2 amide bonds. The average molecular weight is 348 g/mol. The molecular weight excluding hydrogens is 320 g/mol. The number of hydrogen-bond acceptors (Lipinski definition) is 4. The van der Waals surface area contributed by atoms with Crippen molar-refractivity contribution >= 4 is 12.0 Å². The second kappa shape index (κ2) is 7.87. The Labute approximate surface area is 149 Å². The number of aryl methyl sites for hydroxylation is 1. The van der Waals surface area contributed by atoms with E-state index in [4.69, 9.17) is 9.57 Å². The first-order valence-corrected chi connectivity index (χ1v) is 8.61. The number of carbonyl (C=O) groups excluding carboxylic acids is 2. The summed E-state index contributed by atoms with van der Waals surface area (Å²) in [6.07, 6.45) is 1.23. The zero-order valence-electron chi connectivity index (χ0n) is 15.7. The summed E-state index contributed by atoms with van der Waals surface area (Å²) in [6.45, 7) is 5.36. The number of ether oxygens (including phenoxy) is 1. The zero-order chi connectivity index (χ0) is 18.6. The van der Waals surface area contributed by atoms with Crippen LogP contribution >= 0.6 is 0 Å². The standard InChI is InChI=1S/C19H28N2O4/c1-19(2,3)24-18(23)21-16(17(22)20(4)5)13-15(25-21)12-11-14-9-7-6-8-10-14/h6-10,15-16H,11-13H2,1-5H3/t15-,16-/m1/s1. The fraction of sp³-hybridized carbons (Fsp3) is 0.579. The molecule has 138 valence electrons. The molecule has 2 atom stereocenters. The van der Waals surface area contributed by atoms with E-state index in [-0.39, 0.29) is 12.0 Å². The van der Waals surface area contributed by atoms with Gasteiger partial charge in [-0.05, 0) is 39.2 Å². The van der Waals surface area contributed by atoms with Gasteiger partial charge in [0.2, 0.25) is 5.91 Å². The number of amides is 2. The predicted octanol–water partition coefficient (Wildman–Crippen LogP) is 3.02. The summed E-state index contributed by atoms with van der Waals surface area (Å²) in [5.74, 6) is -0.159. The molecule has 1 aromatic carbocycles. The average Bonchev–Trinajstić information content (AvgIpc) is 2.96. The Morgan fingerprint density at radius 1 is 1.24 bits per heavy atom. The van der Waals surface area contributed by atoms with Crippen molar-refractivity contribution in [1.29, 1.82) is 0 Å². The molecule has 25 heavy (non-hydrogen) atoms. The summed E-state index contributed by atoms with van der Waals surface area (Å²) >= 11 is 0. The molecule has 0 saturated carbocycles. The van der Waals surface area contributed by atoms with Gasteiger partial charge in [0, 0.05) is 20.5 Å². The van der Waals surface area contributed by atoms with Crippen LogP contribution < -0.4 is 0 Å². The van der Waals surface area contributed by atoms with Gasteiger partial charge in [0.15, 0.2) is 0 Å². The quantitative estimate of drug-likeness (QED) is 0.839. The molecule has 0 radical (unpaired) electrons. The Balaban J connectivity index is 2.05. The van der Waals surface area contributed by atoms with Crippen LogP contribution in [0.15, 0.2) is 30.3 Å². The smallest absolute Gasteiger partial charge is 0.435 e. The SMILES string of the molecule is CN(C)C(=O)[C@H]1C[C@@H](CCc2ccccc2)ON1C(=O)OC(C)(C)C. The highest BCUT2D eigenvalue weighted by atomic mass is 16.7. The van der Waals surface area contributed by atoms with Crippen LogP contribution in [0.3, 0.4) is 0 Å². The van der Waals surface area contributed by atoms with Gasteiger partial charge in [0.1, 0.15) is 11.6 Å². The van der Waals surface area contributed by atoms with Gasteiger partial charge in [0.25, 0.3) is 0 Å². The topological polar surface area (TPSA) is 59.1 Å². The maximum absolute atomic E-state index is 12.4. The van der Waals surface area contributed by atoms with E-state index >= 15 is 0 Å². The molecule has 2 rings (SSSR count). The molecule has 0 N–H and O–H groups in total. The molecule has 1 aliphatic rings. The number of benzene rings is 1.